The summed E-state index contributed by atoms with van der Waals surface area (Å²) in [6, 6.07) is 8.91. The average molecular weight is 289 g/mol. The third-order valence-corrected chi connectivity index (χ3v) is 4.11. The molecule has 0 aliphatic heterocycles. The Morgan fingerprint density at radius 1 is 1.30 bits per heavy atom. The highest BCUT2D eigenvalue weighted by Gasteiger charge is 2.08. The fourth-order valence-corrected chi connectivity index (χ4v) is 2.87. The third-order valence-electron chi connectivity index (χ3n) is 3.51. The minimum absolute atomic E-state index is 0.241. The molecule has 0 amide bonds. The SMILES string of the molecule is CCN(CC)Cc1cccc(NC(C)c2cscn2)c1. The van der Waals surface area contributed by atoms with Crippen molar-refractivity contribution in [2.45, 2.75) is 33.4 Å². The second kappa shape index (κ2) is 7.41. The summed E-state index contributed by atoms with van der Waals surface area (Å²) in [5.74, 6) is 0. The van der Waals surface area contributed by atoms with Gasteiger partial charge in [0.05, 0.1) is 17.2 Å². The Labute approximate surface area is 125 Å². The second-order valence-corrected chi connectivity index (χ2v) is 5.66. The van der Waals surface area contributed by atoms with Crippen LogP contribution in [0.1, 0.15) is 38.1 Å². The first-order valence-corrected chi connectivity index (χ1v) is 8.13. The van der Waals surface area contributed by atoms with E-state index in [1.165, 1.54) is 5.56 Å². The Morgan fingerprint density at radius 2 is 2.10 bits per heavy atom. The van der Waals surface area contributed by atoms with Crippen LogP contribution in [0.5, 0.6) is 0 Å². The summed E-state index contributed by atoms with van der Waals surface area (Å²) < 4.78 is 0. The van der Waals surface area contributed by atoms with E-state index >= 15 is 0 Å². The Morgan fingerprint density at radius 3 is 2.75 bits per heavy atom. The molecule has 0 saturated carbocycles. The number of nitrogens with one attached hydrogen (secondary N) is 1. The van der Waals surface area contributed by atoms with Crippen LogP contribution in [0.15, 0.2) is 35.2 Å². The van der Waals surface area contributed by atoms with Gasteiger partial charge < -0.3 is 5.32 Å². The van der Waals surface area contributed by atoms with Crippen LogP contribution in [0.2, 0.25) is 0 Å². The summed E-state index contributed by atoms with van der Waals surface area (Å²) in [6.45, 7) is 9.73. The van der Waals surface area contributed by atoms with Crippen LogP contribution in [0.25, 0.3) is 0 Å². The van der Waals surface area contributed by atoms with Gasteiger partial charge in [0.2, 0.25) is 0 Å². The number of rotatable bonds is 7. The molecule has 0 saturated heterocycles. The van der Waals surface area contributed by atoms with E-state index in [9.17, 15) is 0 Å². The summed E-state index contributed by atoms with van der Waals surface area (Å²) in [5, 5.41) is 5.61. The first kappa shape index (κ1) is 15.0. The van der Waals surface area contributed by atoms with Gasteiger partial charge in [0, 0.05) is 17.6 Å². The van der Waals surface area contributed by atoms with Gasteiger partial charge in [-0.2, -0.15) is 0 Å². The Balaban J connectivity index is 2.02. The molecule has 0 aliphatic carbocycles. The van der Waals surface area contributed by atoms with E-state index < -0.39 is 0 Å². The standard InChI is InChI=1S/C16H23N3S/c1-4-19(5-2)10-14-7-6-8-15(9-14)18-13(3)16-11-20-12-17-16/h6-9,11-13,18H,4-5,10H2,1-3H3. The third kappa shape index (κ3) is 4.05. The van der Waals surface area contributed by atoms with Crippen molar-refractivity contribution in [2.75, 3.05) is 18.4 Å². The Bertz CT molecular complexity index is 506. The second-order valence-electron chi connectivity index (χ2n) is 4.94. The van der Waals surface area contributed by atoms with Crippen LogP contribution in [-0.2, 0) is 6.54 Å². The van der Waals surface area contributed by atoms with Crippen molar-refractivity contribution in [3.8, 4) is 0 Å². The molecule has 2 rings (SSSR count). The van der Waals surface area contributed by atoms with Crippen LogP contribution in [0.4, 0.5) is 5.69 Å². The van der Waals surface area contributed by atoms with Crippen molar-refractivity contribution in [2.24, 2.45) is 0 Å². The molecular weight excluding hydrogens is 266 g/mol. The zero-order chi connectivity index (χ0) is 14.4. The lowest BCUT2D eigenvalue weighted by molar-refractivity contribution is 0.296. The molecule has 1 aromatic carbocycles. The highest BCUT2D eigenvalue weighted by Crippen LogP contribution is 2.20. The first-order valence-electron chi connectivity index (χ1n) is 7.18. The minimum Gasteiger partial charge on any atom is -0.377 e. The predicted molar refractivity (Wildman–Crippen MR) is 87.2 cm³/mol. The predicted octanol–water partition coefficient (Wildman–Crippen LogP) is 4.16. The number of hydrogen-bond donors (Lipinski definition) is 1. The van der Waals surface area contributed by atoms with E-state index in [4.69, 9.17) is 0 Å². The summed E-state index contributed by atoms with van der Waals surface area (Å²) in [7, 11) is 0. The van der Waals surface area contributed by atoms with Gasteiger partial charge in [-0.05, 0) is 37.7 Å². The summed E-state index contributed by atoms with van der Waals surface area (Å²) in [6.07, 6.45) is 0. The maximum atomic E-state index is 4.36. The molecule has 0 bridgehead atoms. The number of thiazole rings is 1. The molecule has 1 aromatic heterocycles. The lowest BCUT2D eigenvalue weighted by Gasteiger charge is -2.19. The van der Waals surface area contributed by atoms with E-state index in [1.54, 1.807) is 11.3 Å². The molecule has 20 heavy (non-hydrogen) atoms. The lowest BCUT2D eigenvalue weighted by atomic mass is 10.1. The monoisotopic (exact) mass is 289 g/mol. The largest absolute Gasteiger partial charge is 0.377 e. The molecule has 3 nitrogen and oxygen atoms in total. The molecular formula is C16H23N3S. The molecule has 0 radical (unpaired) electrons. The summed E-state index contributed by atoms with van der Waals surface area (Å²) >= 11 is 1.64. The Hall–Kier alpha value is -1.39. The van der Waals surface area contributed by atoms with E-state index in [1.807, 2.05) is 5.51 Å². The van der Waals surface area contributed by atoms with Gasteiger partial charge in [-0.3, -0.25) is 4.90 Å². The van der Waals surface area contributed by atoms with Gasteiger partial charge in [0.1, 0.15) is 0 Å². The number of aromatic nitrogens is 1. The summed E-state index contributed by atoms with van der Waals surface area (Å²) in [4.78, 5) is 6.78. The van der Waals surface area contributed by atoms with E-state index in [0.29, 0.717) is 0 Å². The molecule has 1 N–H and O–H groups in total. The lowest BCUT2D eigenvalue weighted by Crippen LogP contribution is -2.22. The van der Waals surface area contributed by atoms with E-state index in [-0.39, 0.29) is 6.04 Å². The first-order chi connectivity index (χ1) is 9.72. The maximum Gasteiger partial charge on any atom is 0.0795 e. The number of benzene rings is 1. The number of anilines is 1. The highest BCUT2D eigenvalue weighted by molar-refractivity contribution is 7.07. The van der Waals surface area contributed by atoms with Crippen molar-refractivity contribution in [3.63, 3.8) is 0 Å². The van der Waals surface area contributed by atoms with Crippen LogP contribution < -0.4 is 5.32 Å². The number of nitrogens with zero attached hydrogens (tertiary/aromatic N) is 2. The van der Waals surface area contributed by atoms with Gasteiger partial charge in [0.15, 0.2) is 0 Å². The van der Waals surface area contributed by atoms with Crippen molar-refractivity contribution < 1.29 is 0 Å². The smallest absolute Gasteiger partial charge is 0.0795 e. The molecule has 1 atom stereocenters. The van der Waals surface area contributed by atoms with E-state index in [0.717, 1.165) is 31.0 Å². The molecule has 1 heterocycles. The molecule has 0 spiro atoms. The molecule has 2 aromatic rings. The molecule has 4 heteroatoms. The van der Waals surface area contributed by atoms with Crippen molar-refractivity contribution in [1.82, 2.24) is 9.88 Å². The van der Waals surface area contributed by atoms with Crippen LogP contribution in [0, 0.1) is 0 Å². The number of hydrogen-bond acceptors (Lipinski definition) is 4. The summed E-state index contributed by atoms with van der Waals surface area (Å²) in [5.41, 5.74) is 5.49. The van der Waals surface area contributed by atoms with E-state index in [2.05, 4.69) is 65.6 Å². The van der Waals surface area contributed by atoms with Gasteiger partial charge >= 0.3 is 0 Å². The topological polar surface area (TPSA) is 28.2 Å². The molecule has 108 valence electrons. The quantitative estimate of drug-likeness (QED) is 0.829. The van der Waals surface area contributed by atoms with Crippen molar-refractivity contribution in [3.05, 3.63) is 46.4 Å². The zero-order valence-corrected chi connectivity index (χ0v) is 13.3. The Kier molecular flexibility index (Phi) is 5.56. The van der Waals surface area contributed by atoms with Gasteiger partial charge in [0.25, 0.3) is 0 Å². The fourth-order valence-electron chi connectivity index (χ4n) is 2.22. The van der Waals surface area contributed by atoms with Crippen LogP contribution in [-0.4, -0.2) is 23.0 Å². The normalized spacial score (nSPS) is 12.6. The van der Waals surface area contributed by atoms with Crippen LogP contribution in [0.3, 0.4) is 0 Å². The maximum absolute atomic E-state index is 4.36. The molecule has 0 aliphatic rings. The highest BCUT2D eigenvalue weighted by atomic mass is 32.1. The molecule has 0 fully saturated rings. The molecule has 1 unspecified atom stereocenters. The van der Waals surface area contributed by atoms with Crippen molar-refractivity contribution in [1.29, 1.82) is 0 Å². The van der Waals surface area contributed by atoms with Gasteiger partial charge in [-0.15, -0.1) is 11.3 Å². The zero-order valence-electron chi connectivity index (χ0n) is 12.5. The average Bonchev–Trinajstić information content (AvgIpc) is 2.99. The van der Waals surface area contributed by atoms with Crippen molar-refractivity contribution >= 4 is 17.0 Å². The van der Waals surface area contributed by atoms with Gasteiger partial charge in [-0.25, -0.2) is 4.98 Å². The van der Waals surface area contributed by atoms with Gasteiger partial charge in [-0.1, -0.05) is 26.0 Å². The minimum atomic E-state index is 0.241. The fraction of sp³-hybridized carbons (Fsp3) is 0.438. The van der Waals surface area contributed by atoms with Crippen LogP contribution >= 0.6 is 11.3 Å².